The van der Waals surface area contributed by atoms with Crippen LogP contribution in [0.1, 0.15) is 37.7 Å². The zero-order valence-corrected chi connectivity index (χ0v) is 18.8. The topological polar surface area (TPSA) is 26.8 Å². The van der Waals surface area contributed by atoms with Crippen LogP contribution in [0, 0.1) is 5.92 Å². The number of amides is 1. The molecule has 0 aromatic heterocycles. The molecule has 2 fully saturated rings. The third-order valence-electron chi connectivity index (χ3n) is 7.01. The normalized spacial score (nSPS) is 18.3. The molecule has 0 N–H and O–H groups in total. The molecule has 166 valence electrons. The molecule has 4 nitrogen and oxygen atoms in total. The second-order valence-electron chi connectivity index (χ2n) is 9.12. The largest absolute Gasteiger partial charge is 0.368 e. The molecule has 0 aliphatic carbocycles. The third kappa shape index (κ3) is 6.57. The predicted molar refractivity (Wildman–Crippen MR) is 128 cm³/mol. The van der Waals surface area contributed by atoms with Gasteiger partial charge in [0, 0.05) is 38.3 Å². The minimum absolute atomic E-state index is 0.359. The van der Waals surface area contributed by atoms with Crippen molar-refractivity contribution in [2.24, 2.45) is 5.92 Å². The van der Waals surface area contributed by atoms with Crippen LogP contribution in [0.3, 0.4) is 0 Å². The van der Waals surface area contributed by atoms with E-state index in [0.717, 1.165) is 44.9 Å². The van der Waals surface area contributed by atoms with E-state index >= 15 is 0 Å². The zero-order valence-electron chi connectivity index (χ0n) is 18.8. The first-order valence-electron chi connectivity index (χ1n) is 12.1. The van der Waals surface area contributed by atoms with Crippen molar-refractivity contribution in [3.8, 4) is 0 Å². The van der Waals surface area contributed by atoms with E-state index in [-0.39, 0.29) is 0 Å². The first-order chi connectivity index (χ1) is 15.3. The Bertz CT molecular complexity index is 779. The van der Waals surface area contributed by atoms with Gasteiger partial charge in [-0.05, 0) is 75.4 Å². The van der Waals surface area contributed by atoms with Crippen LogP contribution in [-0.2, 0) is 11.2 Å². The molecule has 2 aromatic carbocycles. The van der Waals surface area contributed by atoms with Gasteiger partial charge in [0.25, 0.3) is 0 Å². The van der Waals surface area contributed by atoms with Crippen molar-refractivity contribution in [3.63, 3.8) is 0 Å². The lowest BCUT2D eigenvalue weighted by Gasteiger charge is -2.36. The van der Waals surface area contributed by atoms with Gasteiger partial charge in [-0.2, -0.15) is 0 Å². The molecule has 4 heteroatoms. The molecule has 0 atom stereocenters. The van der Waals surface area contributed by atoms with E-state index in [4.69, 9.17) is 0 Å². The fraction of sp³-hybridized carbons (Fsp3) is 0.519. The lowest BCUT2D eigenvalue weighted by atomic mass is 9.91. The summed E-state index contributed by atoms with van der Waals surface area (Å²) in [5.41, 5.74) is 2.71. The maximum Gasteiger partial charge on any atom is 0.222 e. The molecular formula is C27H37N3O. The molecule has 2 aromatic rings. The van der Waals surface area contributed by atoms with Crippen LogP contribution >= 0.6 is 0 Å². The standard InChI is InChI=1S/C27H37N3O/c31-27(30-22-20-29(21-23-30)26-11-5-2-6-12-26)14-13-25-15-18-28(19-16-25)17-7-10-24-8-3-1-4-9-24/h1-6,8-9,11-12,25H,7,10,13-23H2. The highest BCUT2D eigenvalue weighted by atomic mass is 16.2. The molecule has 2 saturated heterocycles. The highest BCUT2D eigenvalue weighted by Gasteiger charge is 2.24. The van der Waals surface area contributed by atoms with E-state index in [9.17, 15) is 4.79 Å². The predicted octanol–water partition coefficient (Wildman–Crippen LogP) is 4.46. The maximum atomic E-state index is 12.7. The highest BCUT2D eigenvalue weighted by molar-refractivity contribution is 5.76. The van der Waals surface area contributed by atoms with Gasteiger partial charge in [0.2, 0.25) is 5.91 Å². The SMILES string of the molecule is O=C(CCC1CCN(CCCc2ccccc2)CC1)N1CCN(c2ccccc2)CC1. The Labute approximate surface area is 187 Å². The summed E-state index contributed by atoms with van der Waals surface area (Å²) < 4.78 is 0. The van der Waals surface area contributed by atoms with Gasteiger partial charge >= 0.3 is 0 Å². The number of hydrogen-bond donors (Lipinski definition) is 0. The van der Waals surface area contributed by atoms with Gasteiger partial charge in [-0.1, -0.05) is 48.5 Å². The summed E-state index contributed by atoms with van der Waals surface area (Å²) >= 11 is 0. The summed E-state index contributed by atoms with van der Waals surface area (Å²) in [7, 11) is 0. The number of benzene rings is 2. The van der Waals surface area contributed by atoms with Crippen LogP contribution in [-0.4, -0.2) is 61.5 Å². The fourth-order valence-electron chi connectivity index (χ4n) is 4.99. The monoisotopic (exact) mass is 419 g/mol. The van der Waals surface area contributed by atoms with Crippen molar-refractivity contribution in [1.29, 1.82) is 0 Å². The van der Waals surface area contributed by atoms with Crippen molar-refractivity contribution >= 4 is 11.6 Å². The summed E-state index contributed by atoms with van der Waals surface area (Å²) in [6.07, 6.45) is 6.70. The number of nitrogens with zero attached hydrogens (tertiary/aromatic N) is 3. The van der Waals surface area contributed by atoms with E-state index in [0.29, 0.717) is 5.91 Å². The highest BCUT2D eigenvalue weighted by Crippen LogP contribution is 2.23. The average Bonchev–Trinajstić information content (AvgIpc) is 2.85. The first-order valence-corrected chi connectivity index (χ1v) is 12.1. The van der Waals surface area contributed by atoms with E-state index in [1.807, 2.05) is 0 Å². The molecule has 31 heavy (non-hydrogen) atoms. The number of anilines is 1. The molecule has 2 heterocycles. The summed E-state index contributed by atoms with van der Waals surface area (Å²) in [4.78, 5) is 19.8. The minimum Gasteiger partial charge on any atom is -0.368 e. The summed E-state index contributed by atoms with van der Waals surface area (Å²) in [6, 6.07) is 21.3. The number of carbonyl (C=O) groups excluding carboxylic acids is 1. The molecular weight excluding hydrogens is 382 g/mol. The fourth-order valence-corrected chi connectivity index (χ4v) is 4.99. The second kappa shape index (κ2) is 11.3. The van der Waals surface area contributed by atoms with Gasteiger partial charge in [0.05, 0.1) is 0 Å². The van der Waals surface area contributed by atoms with Crippen molar-refractivity contribution < 1.29 is 4.79 Å². The van der Waals surface area contributed by atoms with Gasteiger partial charge < -0.3 is 14.7 Å². The molecule has 1 amide bonds. The van der Waals surface area contributed by atoms with Gasteiger partial charge in [-0.15, -0.1) is 0 Å². The Balaban J connectivity index is 1.09. The van der Waals surface area contributed by atoms with Gasteiger partial charge in [-0.25, -0.2) is 0 Å². The number of piperazine rings is 1. The minimum atomic E-state index is 0.359. The van der Waals surface area contributed by atoms with Crippen molar-refractivity contribution in [2.75, 3.05) is 50.7 Å². The number of rotatable bonds is 8. The Hall–Kier alpha value is -2.33. The molecule has 0 bridgehead atoms. The first kappa shape index (κ1) is 21.9. The van der Waals surface area contributed by atoms with E-state index < -0.39 is 0 Å². The van der Waals surface area contributed by atoms with Crippen LogP contribution in [0.4, 0.5) is 5.69 Å². The van der Waals surface area contributed by atoms with Crippen molar-refractivity contribution in [1.82, 2.24) is 9.80 Å². The van der Waals surface area contributed by atoms with E-state index in [1.54, 1.807) is 0 Å². The summed E-state index contributed by atoms with van der Waals surface area (Å²) in [6.45, 7) is 7.19. The second-order valence-corrected chi connectivity index (χ2v) is 9.12. The summed E-state index contributed by atoms with van der Waals surface area (Å²) in [5.74, 6) is 1.08. The van der Waals surface area contributed by atoms with Crippen molar-refractivity contribution in [2.45, 2.75) is 38.5 Å². The zero-order chi connectivity index (χ0) is 21.3. The average molecular weight is 420 g/mol. The van der Waals surface area contributed by atoms with Crippen LogP contribution in [0.15, 0.2) is 60.7 Å². The molecule has 4 rings (SSSR count). The Kier molecular flexibility index (Phi) is 8.00. The summed E-state index contributed by atoms with van der Waals surface area (Å²) in [5, 5.41) is 0. The number of hydrogen-bond acceptors (Lipinski definition) is 3. The molecule has 0 saturated carbocycles. The van der Waals surface area contributed by atoms with Crippen molar-refractivity contribution in [3.05, 3.63) is 66.2 Å². The number of piperidine rings is 1. The lowest BCUT2D eigenvalue weighted by Crippen LogP contribution is -2.48. The Morgan fingerprint density at radius 3 is 2.13 bits per heavy atom. The Morgan fingerprint density at radius 2 is 1.45 bits per heavy atom. The number of aryl methyl sites for hydroxylation is 1. The molecule has 0 spiro atoms. The molecule has 0 radical (unpaired) electrons. The van der Waals surface area contributed by atoms with Gasteiger partial charge in [0.15, 0.2) is 0 Å². The maximum absolute atomic E-state index is 12.7. The van der Waals surface area contributed by atoms with E-state index in [2.05, 4.69) is 75.4 Å². The molecule has 2 aliphatic heterocycles. The smallest absolute Gasteiger partial charge is 0.222 e. The van der Waals surface area contributed by atoms with Crippen LogP contribution in [0.25, 0.3) is 0 Å². The number of para-hydroxylation sites is 1. The van der Waals surface area contributed by atoms with Gasteiger partial charge in [0.1, 0.15) is 0 Å². The quantitative estimate of drug-likeness (QED) is 0.632. The molecule has 0 unspecified atom stereocenters. The third-order valence-corrected chi connectivity index (χ3v) is 7.01. The number of carbonyl (C=O) groups is 1. The number of likely N-dealkylation sites (tertiary alicyclic amines) is 1. The van der Waals surface area contributed by atoms with Crippen LogP contribution in [0.5, 0.6) is 0 Å². The Morgan fingerprint density at radius 1 is 0.806 bits per heavy atom. The van der Waals surface area contributed by atoms with Crippen LogP contribution in [0.2, 0.25) is 0 Å². The van der Waals surface area contributed by atoms with E-state index in [1.165, 1.54) is 56.6 Å². The lowest BCUT2D eigenvalue weighted by molar-refractivity contribution is -0.131. The molecule has 2 aliphatic rings. The van der Waals surface area contributed by atoms with Crippen LogP contribution < -0.4 is 4.90 Å². The van der Waals surface area contributed by atoms with Gasteiger partial charge in [-0.3, -0.25) is 4.79 Å².